The Morgan fingerprint density at radius 1 is 1.40 bits per heavy atom. The van der Waals surface area contributed by atoms with E-state index in [1.807, 2.05) is 0 Å². The fourth-order valence-corrected chi connectivity index (χ4v) is 2.14. The second kappa shape index (κ2) is 5.84. The van der Waals surface area contributed by atoms with Crippen LogP contribution in [0, 0.1) is 0 Å². The van der Waals surface area contributed by atoms with Gasteiger partial charge in [-0.15, -0.1) is 5.10 Å². The highest BCUT2D eigenvalue weighted by molar-refractivity contribution is 8.15. The summed E-state index contributed by atoms with van der Waals surface area (Å²) in [5, 5.41) is 10.2. The van der Waals surface area contributed by atoms with Crippen molar-refractivity contribution in [2.24, 2.45) is 10.2 Å². The monoisotopic (exact) mass is 321 g/mol. The fourth-order valence-electron chi connectivity index (χ4n) is 1.34. The summed E-state index contributed by atoms with van der Waals surface area (Å²) in [5.74, 6) is 0.0552. The van der Waals surface area contributed by atoms with Crippen LogP contribution >= 0.6 is 23.4 Å². The predicted molar refractivity (Wildman–Crippen MR) is 72.1 cm³/mol. The van der Waals surface area contributed by atoms with Crippen LogP contribution < -0.4 is 5.32 Å². The third-order valence-corrected chi connectivity index (χ3v) is 3.46. The molecule has 0 aromatic heterocycles. The zero-order chi connectivity index (χ0) is 14.8. The van der Waals surface area contributed by atoms with Crippen LogP contribution in [0.2, 0.25) is 5.02 Å². The minimum absolute atomic E-state index is 0.0974. The minimum atomic E-state index is -4.45. The van der Waals surface area contributed by atoms with E-state index in [9.17, 15) is 18.0 Å². The van der Waals surface area contributed by atoms with Crippen molar-refractivity contribution < 1.29 is 18.0 Å². The first-order valence-electron chi connectivity index (χ1n) is 5.26. The number of rotatable bonds is 2. The van der Waals surface area contributed by atoms with Crippen LogP contribution in [0.3, 0.4) is 0 Å². The van der Waals surface area contributed by atoms with E-state index in [0.717, 1.165) is 36.2 Å². The summed E-state index contributed by atoms with van der Waals surface area (Å²) in [6.07, 6.45) is -3.34. The third kappa shape index (κ3) is 3.73. The molecule has 1 saturated heterocycles. The van der Waals surface area contributed by atoms with E-state index >= 15 is 0 Å². The number of carbonyl (C=O) groups is 1. The molecule has 20 heavy (non-hydrogen) atoms. The lowest BCUT2D eigenvalue weighted by Crippen LogP contribution is -2.19. The quantitative estimate of drug-likeness (QED) is 0.672. The molecule has 0 atom stereocenters. The fraction of sp³-hybridized carbons (Fsp3) is 0.182. The van der Waals surface area contributed by atoms with E-state index in [1.165, 1.54) is 0 Å². The maximum absolute atomic E-state index is 12.5. The molecule has 1 aromatic carbocycles. The van der Waals surface area contributed by atoms with Gasteiger partial charge in [-0.2, -0.15) is 18.3 Å². The summed E-state index contributed by atoms with van der Waals surface area (Å²) in [4.78, 5) is 10.9. The molecule has 4 nitrogen and oxygen atoms in total. The predicted octanol–water partition coefficient (Wildman–Crippen LogP) is 2.91. The molecular weight excluding hydrogens is 315 g/mol. The van der Waals surface area contributed by atoms with Gasteiger partial charge in [0.1, 0.15) is 0 Å². The summed E-state index contributed by atoms with van der Waals surface area (Å²) in [7, 11) is 0. The maximum Gasteiger partial charge on any atom is 0.416 e. The van der Waals surface area contributed by atoms with Gasteiger partial charge in [0.15, 0.2) is 5.17 Å². The van der Waals surface area contributed by atoms with Gasteiger partial charge in [-0.1, -0.05) is 23.4 Å². The van der Waals surface area contributed by atoms with Gasteiger partial charge in [-0.3, -0.25) is 4.79 Å². The molecule has 1 aliphatic heterocycles. The molecule has 1 N–H and O–H groups in total. The first-order valence-corrected chi connectivity index (χ1v) is 6.63. The van der Waals surface area contributed by atoms with Gasteiger partial charge in [0.25, 0.3) is 0 Å². The Balaban J connectivity index is 2.18. The van der Waals surface area contributed by atoms with Crippen molar-refractivity contribution >= 4 is 40.7 Å². The van der Waals surface area contributed by atoms with Crippen molar-refractivity contribution in [1.82, 2.24) is 5.32 Å². The Kier molecular flexibility index (Phi) is 4.34. The Hall–Kier alpha value is -1.54. The number of nitrogens with one attached hydrogen (secondary N) is 1. The number of amidine groups is 1. The van der Waals surface area contributed by atoms with Crippen LogP contribution in [0.15, 0.2) is 28.4 Å². The standard InChI is InChI=1S/C11H7ClF3N3OS/c12-8-2-1-7(11(13,14)15)3-6(8)4-16-18-10-17-9(19)5-20-10/h1-4H,5H2,(H,17,18,19). The number of benzene rings is 1. The van der Waals surface area contributed by atoms with Crippen LogP contribution in [0.4, 0.5) is 13.2 Å². The normalized spacial score (nSPS) is 18.0. The van der Waals surface area contributed by atoms with Crippen molar-refractivity contribution in [2.45, 2.75) is 6.18 Å². The highest BCUT2D eigenvalue weighted by atomic mass is 35.5. The summed E-state index contributed by atoms with van der Waals surface area (Å²) < 4.78 is 37.6. The number of hydrogen-bond donors (Lipinski definition) is 1. The van der Waals surface area contributed by atoms with Crippen LogP contribution in [0.1, 0.15) is 11.1 Å². The molecule has 9 heteroatoms. The molecule has 2 rings (SSSR count). The Bertz CT molecular complexity index is 601. The lowest BCUT2D eigenvalue weighted by molar-refractivity contribution is -0.137. The summed E-state index contributed by atoms with van der Waals surface area (Å²) in [6, 6.07) is 2.91. The number of alkyl halides is 3. The average Bonchev–Trinajstić information content (AvgIpc) is 2.76. The summed E-state index contributed by atoms with van der Waals surface area (Å²) in [6.45, 7) is 0. The van der Waals surface area contributed by atoms with Crippen LogP contribution in [-0.4, -0.2) is 23.0 Å². The van der Waals surface area contributed by atoms with Gasteiger partial charge < -0.3 is 5.32 Å². The van der Waals surface area contributed by atoms with Crippen LogP contribution in [0.5, 0.6) is 0 Å². The highest BCUT2D eigenvalue weighted by Gasteiger charge is 2.30. The lowest BCUT2D eigenvalue weighted by Gasteiger charge is -2.07. The van der Waals surface area contributed by atoms with Crippen LogP contribution in [-0.2, 0) is 11.0 Å². The Morgan fingerprint density at radius 2 is 2.15 bits per heavy atom. The van der Waals surface area contributed by atoms with Crippen molar-refractivity contribution in [3.63, 3.8) is 0 Å². The van der Waals surface area contributed by atoms with Crippen LogP contribution in [0.25, 0.3) is 0 Å². The van der Waals surface area contributed by atoms with E-state index in [-0.39, 0.29) is 22.2 Å². The molecule has 1 aromatic rings. The topological polar surface area (TPSA) is 53.8 Å². The van der Waals surface area contributed by atoms with Gasteiger partial charge in [-0.25, -0.2) is 0 Å². The number of carbonyl (C=O) groups excluding carboxylic acids is 1. The zero-order valence-electron chi connectivity index (χ0n) is 9.74. The molecule has 0 saturated carbocycles. The first kappa shape index (κ1) is 14.9. The second-order valence-electron chi connectivity index (χ2n) is 3.72. The Morgan fingerprint density at radius 3 is 2.75 bits per heavy atom. The summed E-state index contributed by atoms with van der Waals surface area (Å²) >= 11 is 6.94. The van der Waals surface area contributed by atoms with Crippen molar-refractivity contribution in [2.75, 3.05) is 5.75 Å². The average molecular weight is 322 g/mol. The number of amides is 1. The number of nitrogens with zero attached hydrogens (tertiary/aromatic N) is 2. The van der Waals surface area contributed by atoms with Gasteiger partial charge in [0, 0.05) is 10.6 Å². The van der Waals surface area contributed by atoms with Gasteiger partial charge >= 0.3 is 6.18 Å². The van der Waals surface area contributed by atoms with E-state index in [4.69, 9.17) is 11.6 Å². The molecular formula is C11H7ClF3N3OS. The van der Waals surface area contributed by atoms with Crippen molar-refractivity contribution in [3.8, 4) is 0 Å². The molecule has 0 bridgehead atoms. The SMILES string of the molecule is O=C1CSC(=NN=Cc2cc(C(F)(F)F)ccc2Cl)N1. The maximum atomic E-state index is 12.5. The molecule has 1 amide bonds. The molecule has 0 radical (unpaired) electrons. The second-order valence-corrected chi connectivity index (χ2v) is 5.09. The largest absolute Gasteiger partial charge is 0.416 e. The number of thioether (sulfide) groups is 1. The van der Waals surface area contributed by atoms with E-state index < -0.39 is 11.7 Å². The molecule has 1 aliphatic rings. The molecule has 0 spiro atoms. The minimum Gasteiger partial charge on any atom is -0.303 e. The van der Waals surface area contributed by atoms with Crippen molar-refractivity contribution in [3.05, 3.63) is 34.3 Å². The molecule has 0 aliphatic carbocycles. The van der Waals surface area contributed by atoms with Gasteiger partial charge in [-0.05, 0) is 18.2 Å². The zero-order valence-corrected chi connectivity index (χ0v) is 11.3. The lowest BCUT2D eigenvalue weighted by atomic mass is 10.1. The molecule has 1 heterocycles. The first-order chi connectivity index (χ1) is 9.36. The number of hydrogen-bond acceptors (Lipinski definition) is 4. The van der Waals surface area contributed by atoms with Gasteiger partial charge in [0.2, 0.25) is 5.91 Å². The van der Waals surface area contributed by atoms with Gasteiger partial charge in [0.05, 0.1) is 17.5 Å². The Labute approximate surface area is 121 Å². The number of halogens is 4. The molecule has 1 fully saturated rings. The van der Waals surface area contributed by atoms with E-state index in [1.54, 1.807) is 0 Å². The highest BCUT2D eigenvalue weighted by Crippen LogP contribution is 2.31. The molecule has 106 valence electrons. The summed E-state index contributed by atoms with van der Waals surface area (Å²) in [5.41, 5.74) is -0.722. The molecule has 0 unspecified atom stereocenters. The van der Waals surface area contributed by atoms with Crippen molar-refractivity contribution in [1.29, 1.82) is 0 Å². The smallest absolute Gasteiger partial charge is 0.303 e. The van der Waals surface area contributed by atoms with E-state index in [2.05, 4.69) is 15.5 Å². The third-order valence-electron chi connectivity index (χ3n) is 2.26. The van der Waals surface area contributed by atoms with E-state index in [0.29, 0.717) is 5.17 Å².